The first-order valence-electron chi connectivity index (χ1n) is 11.2. The van der Waals surface area contributed by atoms with Gasteiger partial charge in [0.2, 0.25) is 11.8 Å². The fourth-order valence-corrected chi connectivity index (χ4v) is 4.32. The van der Waals surface area contributed by atoms with Crippen LogP contribution in [0.4, 0.5) is 0 Å². The van der Waals surface area contributed by atoms with Gasteiger partial charge in [-0.1, -0.05) is 48.3 Å². The van der Waals surface area contributed by atoms with Crippen molar-refractivity contribution in [1.82, 2.24) is 15.1 Å². The summed E-state index contributed by atoms with van der Waals surface area (Å²) < 4.78 is 0. The summed E-state index contributed by atoms with van der Waals surface area (Å²) in [6.07, 6.45) is 1.07. The molecule has 3 rings (SSSR count). The van der Waals surface area contributed by atoms with Crippen LogP contribution in [0.1, 0.15) is 59.4 Å². The molecule has 2 aromatic rings. The molecule has 0 radical (unpaired) electrons. The first kappa shape index (κ1) is 25.7. The van der Waals surface area contributed by atoms with Crippen molar-refractivity contribution < 1.29 is 19.2 Å². The van der Waals surface area contributed by atoms with Crippen molar-refractivity contribution in [1.29, 1.82) is 0 Å². The topological polar surface area (TPSA) is 86.8 Å². The third kappa shape index (κ3) is 5.59. The van der Waals surface area contributed by atoms with E-state index in [4.69, 9.17) is 23.2 Å². The number of nitrogens with zero attached hydrogens (tertiary/aromatic N) is 2. The number of amides is 4. The number of benzene rings is 2. The van der Waals surface area contributed by atoms with E-state index in [0.717, 1.165) is 11.3 Å². The van der Waals surface area contributed by atoms with Crippen molar-refractivity contribution in [2.75, 3.05) is 13.1 Å². The summed E-state index contributed by atoms with van der Waals surface area (Å²) in [5, 5.41) is 3.61. The predicted octanol–water partition coefficient (Wildman–Crippen LogP) is 4.31. The Labute approximate surface area is 209 Å². The number of hydrogen-bond donors (Lipinski definition) is 1. The minimum atomic E-state index is -0.759. The highest BCUT2D eigenvalue weighted by molar-refractivity contribution is 6.36. The fourth-order valence-electron chi connectivity index (χ4n) is 3.81. The van der Waals surface area contributed by atoms with Gasteiger partial charge in [0.1, 0.15) is 6.04 Å². The van der Waals surface area contributed by atoms with Crippen LogP contribution in [0.15, 0.2) is 42.5 Å². The quantitative estimate of drug-likeness (QED) is 0.489. The molecule has 0 bridgehead atoms. The highest BCUT2D eigenvalue weighted by Crippen LogP contribution is 2.27. The van der Waals surface area contributed by atoms with Gasteiger partial charge in [-0.2, -0.15) is 0 Å². The minimum absolute atomic E-state index is 0.0425. The molecule has 0 aliphatic carbocycles. The van der Waals surface area contributed by atoms with E-state index in [1.165, 1.54) is 4.90 Å². The number of nitrogens with one attached hydrogen (secondary N) is 1. The normalized spacial score (nSPS) is 13.6. The van der Waals surface area contributed by atoms with Crippen LogP contribution >= 0.6 is 23.2 Å². The lowest BCUT2D eigenvalue weighted by atomic mass is 10.1. The van der Waals surface area contributed by atoms with Crippen molar-refractivity contribution in [3.63, 3.8) is 0 Å². The van der Waals surface area contributed by atoms with E-state index < -0.39 is 6.04 Å². The van der Waals surface area contributed by atoms with Crippen LogP contribution < -0.4 is 5.32 Å². The maximum absolute atomic E-state index is 13.2. The summed E-state index contributed by atoms with van der Waals surface area (Å²) in [6, 6.07) is 11.0. The summed E-state index contributed by atoms with van der Waals surface area (Å²) >= 11 is 12.6. The summed E-state index contributed by atoms with van der Waals surface area (Å²) in [5.74, 6) is -1.30. The molecule has 0 saturated carbocycles. The molecule has 34 heavy (non-hydrogen) atoms. The zero-order valence-electron chi connectivity index (χ0n) is 19.1. The molecule has 0 unspecified atom stereocenters. The fraction of sp³-hybridized carbons (Fsp3) is 0.360. The maximum Gasteiger partial charge on any atom is 0.261 e. The lowest BCUT2D eigenvalue weighted by Crippen LogP contribution is -2.48. The van der Waals surface area contributed by atoms with Gasteiger partial charge < -0.3 is 10.2 Å². The third-order valence-electron chi connectivity index (χ3n) is 5.76. The molecule has 1 N–H and O–H groups in total. The lowest BCUT2D eigenvalue weighted by Gasteiger charge is -2.29. The molecule has 0 saturated heterocycles. The van der Waals surface area contributed by atoms with E-state index in [-0.39, 0.29) is 49.6 Å². The smallest absolute Gasteiger partial charge is 0.261 e. The first-order valence-corrected chi connectivity index (χ1v) is 12.0. The first-order chi connectivity index (χ1) is 16.3. The number of carbonyl (C=O) groups is 4. The van der Waals surface area contributed by atoms with Crippen molar-refractivity contribution in [2.45, 2.75) is 45.7 Å². The zero-order chi connectivity index (χ0) is 24.8. The monoisotopic (exact) mass is 503 g/mol. The second kappa shape index (κ2) is 11.5. The molecule has 1 atom stereocenters. The second-order valence-electron chi connectivity index (χ2n) is 8.10. The molecule has 180 valence electrons. The molecule has 1 heterocycles. The van der Waals surface area contributed by atoms with Crippen LogP contribution in [0.25, 0.3) is 0 Å². The van der Waals surface area contributed by atoms with Gasteiger partial charge in [0.25, 0.3) is 11.8 Å². The number of imide groups is 1. The van der Waals surface area contributed by atoms with E-state index in [1.807, 2.05) is 6.92 Å². The number of fused-ring (bicyclic) bond motifs is 1. The average Bonchev–Trinajstić information content (AvgIpc) is 3.07. The minimum Gasteiger partial charge on any atom is -0.354 e. The Kier molecular flexibility index (Phi) is 8.69. The Morgan fingerprint density at radius 2 is 1.59 bits per heavy atom. The molecule has 1 aliphatic heterocycles. The summed E-state index contributed by atoms with van der Waals surface area (Å²) in [4.78, 5) is 53.6. The van der Waals surface area contributed by atoms with Crippen molar-refractivity contribution >= 4 is 46.8 Å². The SMILES string of the molecule is CCCNC(=O)[C@@H](C)N(Cc1c(Cl)cccc1Cl)C(=O)CCCN1C(=O)c2ccccc2C1=O. The van der Waals surface area contributed by atoms with Gasteiger partial charge in [0.05, 0.1) is 11.1 Å². The molecule has 0 spiro atoms. The highest BCUT2D eigenvalue weighted by atomic mass is 35.5. The van der Waals surface area contributed by atoms with Gasteiger partial charge in [-0.25, -0.2) is 0 Å². The molecule has 2 aromatic carbocycles. The van der Waals surface area contributed by atoms with Crippen molar-refractivity contribution in [3.05, 3.63) is 69.2 Å². The summed E-state index contributed by atoms with van der Waals surface area (Å²) in [5.41, 5.74) is 1.29. The highest BCUT2D eigenvalue weighted by Gasteiger charge is 2.35. The average molecular weight is 504 g/mol. The Balaban J connectivity index is 1.70. The van der Waals surface area contributed by atoms with E-state index in [1.54, 1.807) is 49.4 Å². The molecule has 9 heteroatoms. The predicted molar refractivity (Wildman–Crippen MR) is 131 cm³/mol. The van der Waals surface area contributed by atoms with Crippen molar-refractivity contribution in [3.8, 4) is 0 Å². The van der Waals surface area contributed by atoms with E-state index in [2.05, 4.69) is 5.32 Å². The summed E-state index contributed by atoms with van der Waals surface area (Å²) in [6.45, 7) is 4.26. The summed E-state index contributed by atoms with van der Waals surface area (Å²) in [7, 11) is 0. The standard InChI is InChI=1S/C25H27Cl2N3O4/c1-3-13-28-23(32)16(2)30(15-19-20(26)10-6-11-21(19)27)22(31)12-7-14-29-24(33)17-8-4-5-9-18(17)25(29)34/h4-6,8-11,16H,3,7,12-15H2,1-2H3,(H,28,32)/t16-/m1/s1. The van der Waals surface area contributed by atoms with Gasteiger partial charge in [-0.3, -0.25) is 24.1 Å². The largest absolute Gasteiger partial charge is 0.354 e. The number of carbonyl (C=O) groups excluding carboxylic acids is 4. The number of hydrogen-bond acceptors (Lipinski definition) is 4. The van der Waals surface area contributed by atoms with Crippen LogP contribution in [-0.4, -0.2) is 52.6 Å². The molecule has 4 amide bonds. The zero-order valence-corrected chi connectivity index (χ0v) is 20.7. The van der Waals surface area contributed by atoms with Crippen LogP contribution in [0.3, 0.4) is 0 Å². The molecule has 0 aromatic heterocycles. The number of rotatable bonds is 10. The van der Waals surface area contributed by atoms with Gasteiger partial charge in [0, 0.05) is 41.7 Å². The Morgan fingerprint density at radius 1 is 1.00 bits per heavy atom. The second-order valence-corrected chi connectivity index (χ2v) is 8.91. The molecule has 0 fully saturated rings. The molecular weight excluding hydrogens is 477 g/mol. The van der Waals surface area contributed by atoms with Crippen LogP contribution in [-0.2, 0) is 16.1 Å². The number of halogens is 2. The van der Waals surface area contributed by atoms with Gasteiger partial charge >= 0.3 is 0 Å². The third-order valence-corrected chi connectivity index (χ3v) is 6.47. The van der Waals surface area contributed by atoms with E-state index in [9.17, 15) is 19.2 Å². The Morgan fingerprint density at radius 3 is 2.15 bits per heavy atom. The van der Waals surface area contributed by atoms with Crippen LogP contribution in [0.5, 0.6) is 0 Å². The molecular formula is C25H27Cl2N3O4. The Bertz CT molecular complexity index is 1050. The van der Waals surface area contributed by atoms with E-state index >= 15 is 0 Å². The van der Waals surface area contributed by atoms with Gasteiger partial charge in [-0.15, -0.1) is 0 Å². The maximum atomic E-state index is 13.2. The Hall–Kier alpha value is -2.90. The molecule has 7 nitrogen and oxygen atoms in total. The lowest BCUT2D eigenvalue weighted by molar-refractivity contribution is -0.140. The molecule has 1 aliphatic rings. The van der Waals surface area contributed by atoms with Crippen molar-refractivity contribution in [2.24, 2.45) is 0 Å². The van der Waals surface area contributed by atoms with Crippen LogP contribution in [0, 0.1) is 0 Å². The van der Waals surface area contributed by atoms with Crippen LogP contribution in [0.2, 0.25) is 10.0 Å². The van der Waals surface area contributed by atoms with E-state index in [0.29, 0.717) is 33.3 Å². The van der Waals surface area contributed by atoms with Gasteiger partial charge in [-0.05, 0) is 44.0 Å². The van der Waals surface area contributed by atoms with Gasteiger partial charge in [0.15, 0.2) is 0 Å².